The minimum Gasteiger partial charge on any atom is -0.480 e. The number of hydrogen-bond donors (Lipinski definition) is 1. The summed E-state index contributed by atoms with van der Waals surface area (Å²) in [4.78, 5) is 27.5. The van der Waals surface area contributed by atoms with E-state index in [1.807, 2.05) is 44.2 Å². The molecule has 0 unspecified atom stereocenters. The van der Waals surface area contributed by atoms with Gasteiger partial charge in [0.05, 0.1) is 5.02 Å². The fourth-order valence-electron chi connectivity index (χ4n) is 2.75. The summed E-state index contributed by atoms with van der Waals surface area (Å²) in [5.74, 6) is -0.488. The molecule has 0 amide bonds. The lowest BCUT2D eigenvalue weighted by molar-refractivity contribution is -0.144. The number of carbonyl (C=O) groups is 2. The lowest BCUT2D eigenvalue weighted by atomic mass is 10.1. The first kappa shape index (κ1) is 18.0. The van der Waals surface area contributed by atoms with Gasteiger partial charge in [-0.05, 0) is 37.6 Å². The van der Waals surface area contributed by atoms with E-state index in [9.17, 15) is 9.59 Å². The van der Waals surface area contributed by atoms with Crippen LogP contribution in [-0.2, 0) is 9.53 Å². The molecule has 134 valence electrons. The number of Topliss-reactive ketones (excluding diaryl/α,β-unsaturated/α-hetero) is 1. The average molecular weight is 372 g/mol. The van der Waals surface area contributed by atoms with Gasteiger partial charge in [0.15, 0.2) is 13.2 Å². The van der Waals surface area contributed by atoms with Crippen LogP contribution in [0.15, 0.2) is 42.5 Å². The van der Waals surface area contributed by atoms with E-state index in [4.69, 9.17) is 21.1 Å². The predicted molar refractivity (Wildman–Crippen MR) is 100 cm³/mol. The summed E-state index contributed by atoms with van der Waals surface area (Å²) in [6.45, 7) is 3.05. The van der Waals surface area contributed by atoms with Gasteiger partial charge in [-0.2, -0.15) is 0 Å². The Morgan fingerprint density at radius 3 is 2.65 bits per heavy atom. The van der Waals surface area contributed by atoms with E-state index in [1.165, 1.54) is 0 Å². The number of esters is 1. The zero-order valence-corrected chi connectivity index (χ0v) is 15.2. The molecule has 0 spiro atoms. The first-order valence-electron chi connectivity index (χ1n) is 8.11. The molecule has 0 aliphatic carbocycles. The van der Waals surface area contributed by atoms with Crippen molar-refractivity contribution in [2.75, 3.05) is 13.2 Å². The molecule has 0 bridgehead atoms. The van der Waals surface area contributed by atoms with E-state index in [-0.39, 0.29) is 19.0 Å². The summed E-state index contributed by atoms with van der Waals surface area (Å²) in [5.41, 5.74) is 3.12. The van der Waals surface area contributed by atoms with Crippen LogP contribution in [-0.4, -0.2) is 30.0 Å². The van der Waals surface area contributed by atoms with Crippen molar-refractivity contribution in [1.29, 1.82) is 0 Å². The zero-order valence-electron chi connectivity index (χ0n) is 14.5. The number of aryl methyl sites for hydroxylation is 2. The fraction of sp³-hybridized carbons (Fsp3) is 0.200. The normalized spacial score (nSPS) is 10.7. The summed E-state index contributed by atoms with van der Waals surface area (Å²) < 4.78 is 10.4. The van der Waals surface area contributed by atoms with Crippen molar-refractivity contribution < 1.29 is 19.1 Å². The van der Waals surface area contributed by atoms with Crippen LogP contribution in [0.5, 0.6) is 5.75 Å². The Labute approximate surface area is 155 Å². The number of para-hydroxylation sites is 1. The van der Waals surface area contributed by atoms with Gasteiger partial charge in [-0.1, -0.05) is 35.9 Å². The largest absolute Gasteiger partial charge is 0.480 e. The molecule has 26 heavy (non-hydrogen) atoms. The van der Waals surface area contributed by atoms with Crippen LogP contribution in [0.25, 0.3) is 10.9 Å². The van der Waals surface area contributed by atoms with E-state index in [1.54, 1.807) is 12.1 Å². The Hall–Kier alpha value is -2.79. The molecule has 1 aromatic heterocycles. The number of aromatic nitrogens is 1. The number of hydrogen-bond acceptors (Lipinski definition) is 4. The second-order valence-electron chi connectivity index (χ2n) is 5.98. The second kappa shape index (κ2) is 7.62. The number of benzene rings is 2. The third-order valence-corrected chi connectivity index (χ3v) is 4.28. The molecule has 0 radical (unpaired) electrons. The zero-order chi connectivity index (χ0) is 18.7. The van der Waals surface area contributed by atoms with Crippen LogP contribution < -0.4 is 4.74 Å². The van der Waals surface area contributed by atoms with E-state index >= 15 is 0 Å². The summed E-state index contributed by atoms with van der Waals surface area (Å²) in [5, 5.41) is 1.22. The van der Waals surface area contributed by atoms with Crippen molar-refractivity contribution in [2.24, 2.45) is 0 Å². The number of ether oxygens (including phenoxy) is 2. The van der Waals surface area contributed by atoms with Gasteiger partial charge in [-0.25, -0.2) is 4.79 Å². The lowest BCUT2D eigenvalue weighted by Crippen LogP contribution is -2.20. The summed E-state index contributed by atoms with van der Waals surface area (Å²) >= 11 is 6.01. The number of H-pyrrole nitrogens is 1. The molecule has 0 fully saturated rings. The fourth-order valence-corrected chi connectivity index (χ4v) is 2.93. The first-order chi connectivity index (χ1) is 12.5. The lowest BCUT2D eigenvalue weighted by Gasteiger charge is -2.09. The maximum absolute atomic E-state index is 12.5. The van der Waals surface area contributed by atoms with Crippen molar-refractivity contribution in [2.45, 2.75) is 13.8 Å². The number of ketones is 1. The smallest absolute Gasteiger partial charge is 0.344 e. The molecular weight excluding hydrogens is 354 g/mol. The van der Waals surface area contributed by atoms with E-state index in [0.29, 0.717) is 16.3 Å². The molecule has 0 saturated carbocycles. The molecule has 1 heterocycles. The van der Waals surface area contributed by atoms with E-state index in [2.05, 4.69) is 4.98 Å². The Kier molecular flexibility index (Phi) is 5.28. The van der Waals surface area contributed by atoms with Crippen molar-refractivity contribution >= 4 is 34.3 Å². The highest BCUT2D eigenvalue weighted by atomic mass is 35.5. The van der Waals surface area contributed by atoms with Gasteiger partial charge in [0.2, 0.25) is 5.78 Å². The topological polar surface area (TPSA) is 68.4 Å². The second-order valence-corrected chi connectivity index (χ2v) is 6.38. The monoisotopic (exact) mass is 371 g/mol. The molecular formula is C20H18ClNO4. The number of aromatic amines is 1. The summed E-state index contributed by atoms with van der Waals surface area (Å²) in [7, 11) is 0. The first-order valence-corrected chi connectivity index (χ1v) is 8.48. The van der Waals surface area contributed by atoms with Crippen molar-refractivity contribution in [3.8, 4) is 5.75 Å². The Morgan fingerprint density at radius 1 is 1.08 bits per heavy atom. The molecule has 3 rings (SSSR count). The molecule has 0 aliphatic heterocycles. The van der Waals surface area contributed by atoms with Crippen LogP contribution in [0.1, 0.15) is 21.6 Å². The molecule has 1 N–H and O–H groups in total. The van der Waals surface area contributed by atoms with Crippen LogP contribution in [0.3, 0.4) is 0 Å². The van der Waals surface area contributed by atoms with Crippen molar-refractivity contribution in [3.63, 3.8) is 0 Å². The average Bonchev–Trinajstić information content (AvgIpc) is 2.96. The van der Waals surface area contributed by atoms with E-state index in [0.717, 1.165) is 22.2 Å². The van der Waals surface area contributed by atoms with Gasteiger partial charge in [-0.15, -0.1) is 0 Å². The number of carbonyl (C=O) groups excluding carboxylic acids is 2. The van der Waals surface area contributed by atoms with Gasteiger partial charge in [0, 0.05) is 22.2 Å². The molecule has 0 atom stereocenters. The quantitative estimate of drug-likeness (QED) is 0.519. The van der Waals surface area contributed by atoms with Gasteiger partial charge < -0.3 is 14.5 Å². The van der Waals surface area contributed by atoms with Crippen molar-refractivity contribution in [3.05, 3.63) is 64.3 Å². The Bertz CT molecular complexity index is 977. The number of halogens is 1. The van der Waals surface area contributed by atoms with Crippen molar-refractivity contribution in [1.82, 2.24) is 4.98 Å². The van der Waals surface area contributed by atoms with Gasteiger partial charge in [0.1, 0.15) is 5.75 Å². The third kappa shape index (κ3) is 3.89. The van der Waals surface area contributed by atoms with Crippen LogP contribution in [0.4, 0.5) is 0 Å². The highest BCUT2D eigenvalue weighted by Crippen LogP contribution is 2.25. The van der Waals surface area contributed by atoms with E-state index < -0.39 is 5.97 Å². The highest BCUT2D eigenvalue weighted by Gasteiger charge is 2.17. The molecule has 5 nitrogen and oxygen atoms in total. The minimum absolute atomic E-state index is 0.262. The number of rotatable bonds is 6. The standard InChI is InChI=1S/C20H18ClNO4/c1-12-7-8-15(21)18(9-12)25-11-19(24)26-10-17(23)20-13(2)22-16-6-4-3-5-14(16)20/h3-9,22H,10-11H2,1-2H3. The minimum atomic E-state index is -0.631. The van der Waals surface area contributed by atoms with Gasteiger partial charge in [-0.3, -0.25) is 4.79 Å². The van der Waals surface area contributed by atoms with Gasteiger partial charge >= 0.3 is 5.97 Å². The maximum Gasteiger partial charge on any atom is 0.344 e. The maximum atomic E-state index is 12.5. The van der Waals surface area contributed by atoms with Crippen LogP contribution in [0, 0.1) is 13.8 Å². The highest BCUT2D eigenvalue weighted by molar-refractivity contribution is 6.32. The Morgan fingerprint density at radius 2 is 1.85 bits per heavy atom. The third-order valence-electron chi connectivity index (χ3n) is 3.97. The van der Waals surface area contributed by atoms with Gasteiger partial charge in [0.25, 0.3) is 0 Å². The Balaban J connectivity index is 1.59. The predicted octanol–water partition coefficient (Wildman–Crippen LogP) is 4.24. The van der Waals surface area contributed by atoms with Crippen LogP contribution in [0.2, 0.25) is 5.02 Å². The van der Waals surface area contributed by atoms with Crippen LogP contribution >= 0.6 is 11.6 Å². The molecule has 6 heteroatoms. The number of nitrogens with one attached hydrogen (secondary N) is 1. The SMILES string of the molecule is Cc1ccc(Cl)c(OCC(=O)OCC(=O)c2c(C)[nH]c3ccccc23)c1. The molecule has 3 aromatic rings. The summed E-state index contributed by atoms with van der Waals surface area (Å²) in [6, 6.07) is 12.8. The molecule has 0 aliphatic rings. The molecule has 2 aromatic carbocycles. The summed E-state index contributed by atoms with van der Waals surface area (Å²) in [6.07, 6.45) is 0. The number of fused-ring (bicyclic) bond motifs is 1. The molecule has 0 saturated heterocycles.